The van der Waals surface area contributed by atoms with Gasteiger partial charge in [-0.3, -0.25) is 0 Å². The van der Waals surface area contributed by atoms with Crippen LogP contribution in [0.5, 0.6) is 0 Å². The average molecular weight is 294 g/mol. The summed E-state index contributed by atoms with van der Waals surface area (Å²) in [5.41, 5.74) is 3.54. The summed E-state index contributed by atoms with van der Waals surface area (Å²) in [6, 6.07) is 21.1. The van der Waals surface area contributed by atoms with Gasteiger partial charge in [0.1, 0.15) is 5.01 Å². The van der Waals surface area contributed by atoms with E-state index in [1.54, 1.807) is 11.3 Å². The van der Waals surface area contributed by atoms with E-state index in [0.29, 0.717) is 6.04 Å². The van der Waals surface area contributed by atoms with Gasteiger partial charge < -0.3 is 5.32 Å². The molecule has 0 aliphatic heterocycles. The lowest BCUT2D eigenvalue weighted by atomic mass is 10.1. The van der Waals surface area contributed by atoms with Crippen LogP contribution in [-0.2, 0) is 6.54 Å². The van der Waals surface area contributed by atoms with E-state index < -0.39 is 0 Å². The number of rotatable bonds is 5. The fourth-order valence-corrected chi connectivity index (χ4v) is 2.99. The van der Waals surface area contributed by atoms with Crippen LogP contribution in [0.4, 0.5) is 0 Å². The van der Waals surface area contributed by atoms with Gasteiger partial charge >= 0.3 is 0 Å². The predicted molar refractivity (Wildman–Crippen MR) is 89.2 cm³/mol. The van der Waals surface area contributed by atoms with Crippen molar-refractivity contribution in [3.05, 3.63) is 76.6 Å². The molecule has 3 aromatic rings. The summed E-state index contributed by atoms with van der Waals surface area (Å²) >= 11 is 1.71. The summed E-state index contributed by atoms with van der Waals surface area (Å²) in [6.07, 6.45) is 0. The Kier molecular flexibility index (Phi) is 4.43. The number of hydrogen-bond acceptors (Lipinski definition) is 3. The second kappa shape index (κ2) is 6.66. The van der Waals surface area contributed by atoms with Crippen LogP contribution in [0.3, 0.4) is 0 Å². The van der Waals surface area contributed by atoms with E-state index >= 15 is 0 Å². The summed E-state index contributed by atoms with van der Waals surface area (Å²) in [7, 11) is 0. The summed E-state index contributed by atoms with van der Waals surface area (Å²) < 4.78 is 0. The molecule has 0 unspecified atom stereocenters. The van der Waals surface area contributed by atoms with Crippen molar-refractivity contribution in [3.8, 4) is 11.3 Å². The number of thiazole rings is 1. The molecular weight excluding hydrogens is 276 g/mol. The summed E-state index contributed by atoms with van der Waals surface area (Å²) in [6.45, 7) is 2.98. The molecule has 1 aromatic heterocycles. The lowest BCUT2D eigenvalue weighted by molar-refractivity contribution is 0.573. The molecule has 2 nitrogen and oxygen atoms in total. The largest absolute Gasteiger partial charge is 0.304 e. The Bertz CT molecular complexity index is 677. The van der Waals surface area contributed by atoms with Crippen molar-refractivity contribution in [1.82, 2.24) is 10.3 Å². The van der Waals surface area contributed by atoms with E-state index in [0.717, 1.165) is 17.2 Å². The molecule has 3 heteroatoms. The highest BCUT2D eigenvalue weighted by molar-refractivity contribution is 7.09. The third kappa shape index (κ3) is 3.57. The molecular formula is C18H18N2S. The van der Waals surface area contributed by atoms with Gasteiger partial charge in [-0.2, -0.15) is 0 Å². The molecule has 0 saturated carbocycles. The lowest BCUT2D eigenvalue weighted by Crippen LogP contribution is -2.17. The first-order valence-electron chi connectivity index (χ1n) is 7.11. The molecule has 0 amide bonds. The number of aromatic nitrogens is 1. The summed E-state index contributed by atoms with van der Waals surface area (Å²) in [4.78, 5) is 4.70. The molecule has 1 N–H and O–H groups in total. The molecule has 0 radical (unpaired) electrons. The van der Waals surface area contributed by atoms with Gasteiger partial charge in [-0.25, -0.2) is 4.98 Å². The predicted octanol–water partition coefficient (Wildman–Crippen LogP) is 4.66. The minimum Gasteiger partial charge on any atom is -0.304 e. The van der Waals surface area contributed by atoms with Crippen LogP contribution in [0.1, 0.15) is 23.5 Å². The van der Waals surface area contributed by atoms with Gasteiger partial charge in [-0.15, -0.1) is 11.3 Å². The van der Waals surface area contributed by atoms with E-state index in [9.17, 15) is 0 Å². The van der Waals surface area contributed by atoms with Crippen LogP contribution < -0.4 is 5.32 Å². The highest BCUT2D eigenvalue weighted by atomic mass is 32.1. The van der Waals surface area contributed by atoms with E-state index in [1.807, 2.05) is 24.3 Å². The van der Waals surface area contributed by atoms with Crippen molar-refractivity contribution in [2.24, 2.45) is 0 Å². The van der Waals surface area contributed by atoms with Crippen LogP contribution in [0.2, 0.25) is 0 Å². The molecule has 0 fully saturated rings. The zero-order chi connectivity index (χ0) is 14.5. The molecule has 0 bridgehead atoms. The van der Waals surface area contributed by atoms with Crippen molar-refractivity contribution in [1.29, 1.82) is 0 Å². The molecule has 0 spiro atoms. The number of hydrogen-bond donors (Lipinski definition) is 1. The fourth-order valence-electron chi connectivity index (χ4n) is 2.23. The van der Waals surface area contributed by atoms with Crippen molar-refractivity contribution < 1.29 is 0 Å². The number of nitrogens with zero attached hydrogens (tertiary/aromatic N) is 1. The van der Waals surface area contributed by atoms with Gasteiger partial charge in [0.05, 0.1) is 5.69 Å². The first kappa shape index (κ1) is 14.0. The van der Waals surface area contributed by atoms with Crippen molar-refractivity contribution in [2.75, 3.05) is 0 Å². The number of nitrogens with one attached hydrogen (secondary N) is 1. The van der Waals surface area contributed by atoms with Crippen LogP contribution in [0.25, 0.3) is 11.3 Å². The Labute approximate surface area is 129 Å². The van der Waals surface area contributed by atoms with Gasteiger partial charge in [0.15, 0.2) is 0 Å². The van der Waals surface area contributed by atoms with Gasteiger partial charge in [0.2, 0.25) is 0 Å². The van der Waals surface area contributed by atoms with E-state index in [4.69, 9.17) is 4.98 Å². The molecule has 0 aliphatic carbocycles. The quantitative estimate of drug-likeness (QED) is 0.740. The SMILES string of the molecule is C[C@H](NCc1nc(-c2ccccc2)cs1)c1ccccc1. The lowest BCUT2D eigenvalue weighted by Gasteiger charge is -2.12. The van der Waals surface area contributed by atoms with Crippen LogP contribution >= 0.6 is 11.3 Å². The Morgan fingerprint density at radius 2 is 1.67 bits per heavy atom. The maximum atomic E-state index is 4.70. The third-order valence-electron chi connectivity index (χ3n) is 3.48. The third-order valence-corrected chi connectivity index (χ3v) is 4.33. The molecule has 0 aliphatic rings. The van der Waals surface area contributed by atoms with Crippen LogP contribution in [-0.4, -0.2) is 4.98 Å². The van der Waals surface area contributed by atoms with Crippen LogP contribution in [0, 0.1) is 0 Å². The molecule has 106 valence electrons. The monoisotopic (exact) mass is 294 g/mol. The Morgan fingerprint density at radius 1 is 1.00 bits per heavy atom. The molecule has 2 aromatic carbocycles. The summed E-state index contributed by atoms with van der Waals surface area (Å²) in [5.74, 6) is 0. The molecule has 21 heavy (non-hydrogen) atoms. The normalized spacial score (nSPS) is 12.2. The smallest absolute Gasteiger partial charge is 0.107 e. The maximum absolute atomic E-state index is 4.70. The van der Waals surface area contributed by atoms with Crippen molar-refractivity contribution >= 4 is 11.3 Å². The molecule has 1 atom stereocenters. The van der Waals surface area contributed by atoms with Gasteiger partial charge in [-0.1, -0.05) is 60.7 Å². The Hall–Kier alpha value is -1.97. The first-order chi connectivity index (χ1) is 10.3. The highest BCUT2D eigenvalue weighted by Gasteiger charge is 2.07. The molecule has 0 saturated heterocycles. The average Bonchev–Trinajstić information content (AvgIpc) is 3.03. The fraction of sp³-hybridized carbons (Fsp3) is 0.167. The highest BCUT2D eigenvalue weighted by Crippen LogP contribution is 2.22. The van der Waals surface area contributed by atoms with E-state index in [-0.39, 0.29) is 0 Å². The second-order valence-electron chi connectivity index (χ2n) is 5.01. The first-order valence-corrected chi connectivity index (χ1v) is 7.99. The van der Waals surface area contributed by atoms with Crippen molar-refractivity contribution in [3.63, 3.8) is 0 Å². The second-order valence-corrected chi connectivity index (χ2v) is 5.95. The summed E-state index contributed by atoms with van der Waals surface area (Å²) in [5, 5.41) is 6.77. The maximum Gasteiger partial charge on any atom is 0.107 e. The van der Waals surface area contributed by atoms with E-state index in [2.05, 4.69) is 54.0 Å². The zero-order valence-corrected chi connectivity index (χ0v) is 12.8. The minimum absolute atomic E-state index is 0.329. The van der Waals surface area contributed by atoms with Crippen LogP contribution in [0.15, 0.2) is 66.0 Å². The standard InChI is InChI=1S/C18H18N2S/c1-14(15-8-4-2-5-9-15)19-12-18-20-17(13-21-18)16-10-6-3-7-11-16/h2-11,13-14,19H,12H2,1H3/t14-/m0/s1. The Morgan fingerprint density at radius 3 is 2.38 bits per heavy atom. The topological polar surface area (TPSA) is 24.9 Å². The molecule has 3 rings (SSSR count). The molecule has 1 heterocycles. The van der Waals surface area contributed by atoms with E-state index in [1.165, 1.54) is 11.1 Å². The minimum atomic E-state index is 0.329. The number of benzene rings is 2. The zero-order valence-electron chi connectivity index (χ0n) is 12.0. The van der Waals surface area contributed by atoms with Gasteiger partial charge in [0.25, 0.3) is 0 Å². The van der Waals surface area contributed by atoms with Crippen molar-refractivity contribution in [2.45, 2.75) is 19.5 Å². The van der Waals surface area contributed by atoms with Gasteiger partial charge in [-0.05, 0) is 12.5 Å². The Balaban J connectivity index is 1.63. The van der Waals surface area contributed by atoms with Gasteiger partial charge in [0, 0.05) is 23.5 Å².